The highest BCUT2D eigenvalue weighted by molar-refractivity contribution is 14.1. The zero-order chi connectivity index (χ0) is 8.10. The Kier molecular flexibility index (Phi) is 3.35. The molecule has 0 saturated heterocycles. The lowest BCUT2D eigenvalue weighted by atomic mass is 10.2. The molecule has 0 amide bonds. The standard InChI is InChI=1S/C8H8INO/c1-11-8-5-3-2-4-7(8)6-10-9/h2-6H,1H3/b10-6-. The fourth-order valence-electron chi connectivity index (χ4n) is 0.826. The van der Waals surface area contributed by atoms with Gasteiger partial charge in [-0.05, 0) is 12.1 Å². The minimum Gasteiger partial charge on any atom is -0.496 e. The Bertz CT molecular complexity index is 260. The van der Waals surface area contributed by atoms with E-state index in [0.717, 1.165) is 11.3 Å². The summed E-state index contributed by atoms with van der Waals surface area (Å²) in [6.07, 6.45) is 1.76. The maximum atomic E-state index is 5.10. The average Bonchev–Trinajstić information content (AvgIpc) is 2.06. The number of hydrogen-bond acceptors (Lipinski definition) is 2. The molecule has 0 unspecified atom stereocenters. The van der Waals surface area contributed by atoms with Crippen LogP contribution in [0.2, 0.25) is 0 Å². The van der Waals surface area contributed by atoms with Crippen LogP contribution < -0.4 is 4.74 Å². The van der Waals surface area contributed by atoms with Gasteiger partial charge in [0.15, 0.2) is 0 Å². The van der Waals surface area contributed by atoms with Gasteiger partial charge in [0.2, 0.25) is 0 Å². The Morgan fingerprint density at radius 2 is 2.18 bits per heavy atom. The molecule has 0 atom stereocenters. The lowest BCUT2D eigenvalue weighted by Crippen LogP contribution is -1.88. The van der Waals surface area contributed by atoms with Crippen LogP contribution in [0.5, 0.6) is 5.75 Å². The van der Waals surface area contributed by atoms with Gasteiger partial charge in [0.1, 0.15) is 5.75 Å². The highest BCUT2D eigenvalue weighted by Gasteiger charge is 1.95. The van der Waals surface area contributed by atoms with Crippen LogP contribution in [0.3, 0.4) is 0 Å². The number of hydrogen-bond donors (Lipinski definition) is 0. The number of halogens is 1. The minimum atomic E-state index is 0.855. The van der Waals surface area contributed by atoms with Crippen molar-refractivity contribution < 1.29 is 4.74 Å². The van der Waals surface area contributed by atoms with Gasteiger partial charge < -0.3 is 4.74 Å². The monoisotopic (exact) mass is 261 g/mol. The molecule has 0 N–H and O–H groups in total. The second-order valence-corrected chi connectivity index (χ2v) is 2.53. The van der Waals surface area contributed by atoms with Gasteiger partial charge in [0, 0.05) is 11.8 Å². The van der Waals surface area contributed by atoms with E-state index in [1.54, 1.807) is 13.3 Å². The van der Waals surface area contributed by atoms with Crippen molar-refractivity contribution in [1.29, 1.82) is 0 Å². The van der Waals surface area contributed by atoms with Gasteiger partial charge >= 0.3 is 0 Å². The van der Waals surface area contributed by atoms with Gasteiger partial charge in [-0.15, -0.1) is 0 Å². The summed E-state index contributed by atoms with van der Waals surface area (Å²) in [4.78, 5) is 0. The SMILES string of the molecule is COc1ccccc1/C=N\I. The van der Waals surface area contributed by atoms with Crippen LogP contribution in [0, 0.1) is 0 Å². The van der Waals surface area contributed by atoms with Crippen LogP contribution in [0.1, 0.15) is 5.56 Å². The summed E-state index contributed by atoms with van der Waals surface area (Å²) in [5, 5.41) is 0. The summed E-state index contributed by atoms with van der Waals surface area (Å²) in [5.74, 6) is 0.855. The molecule has 0 aromatic heterocycles. The van der Waals surface area contributed by atoms with Crippen molar-refractivity contribution in [1.82, 2.24) is 0 Å². The van der Waals surface area contributed by atoms with Gasteiger partial charge in [-0.25, -0.2) is 3.21 Å². The first kappa shape index (κ1) is 8.52. The summed E-state index contributed by atoms with van der Waals surface area (Å²) >= 11 is 1.94. The van der Waals surface area contributed by atoms with Crippen molar-refractivity contribution in [3.8, 4) is 5.75 Å². The van der Waals surface area contributed by atoms with Crippen molar-refractivity contribution >= 4 is 29.1 Å². The van der Waals surface area contributed by atoms with Gasteiger partial charge in [-0.3, -0.25) is 0 Å². The van der Waals surface area contributed by atoms with Gasteiger partial charge in [-0.2, -0.15) is 0 Å². The average molecular weight is 261 g/mol. The van der Waals surface area contributed by atoms with E-state index in [1.807, 2.05) is 47.1 Å². The minimum absolute atomic E-state index is 0.855. The van der Waals surface area contributed by atoms with E-state index in [-0.39, 0.29) is 0 Å². The van der Waals surface area contributed by atoms with Crippen molar-refractivity contribution in [3.63, 3.8) is 0 Å². The highest BCUT2D eigenvalue weighted by Crippen LogP contribution is 2.14. The van der Waals surface area contributed by atoms with E-state index in [4.69, 9.17) is 4.74 Å². The largest absolute Gasteiger partial charge is 0.496 e. The lowest BCUT2D eigenvalue weighted by Gasteiger charge is -2.01. The molecule has 0 aliphatic carbocycles. The van der Waals surface area contributed by atoms with Crippen LogP contribution in [0.4, 0.5) is 0 Å². The quantitative estimate of drug-likeness (QED) is 0.592. The molecule has 0 spiro atoms. The zero-order valence-electron chi connectivity index (χ0n) is 6.12. The van der Waals surface area contributed by atoms with Gasteiger partial charge in [-0.1, -0.05) is 12.1 Å². The molecule has 11 heavy (non-hydrogen) atoms. The van der Waals surface area contributed by atoms with Crippen LogP contribution >= 0.6 is 22.9 Å². The second kappa shape index (κ2) is 4.33. The molecule has 58 valence electrons. The molecular formula is C8H8INO. The van der Waals surface area contributed by atoms with Crippen molar-refractivity contribution in [2.75, 3.05) is 7.11 Å². The summed E-state index contributed by atoms with van der Waals surface area (Å²) in [7, 11) is 1.65. The van der Waals surface area contributed by atoms with E-state index < -0.39 is 0 Å². The Hall–Kier alpha value is -0.580. The molecule has 1 aromatic carbocycles. The highest BCUT2D eigenvalue weighted by atomic mass is 127. The molecular weight excluding hydrogens is 253 g/mol. The lowest BCUT2D eigenvalue weighted by molar-refractivity contribution is 0.414. The third-order valence-corrected chi connectivity index (χ3v) is 1.61. The number of methoxy groups -OCH3 is 1. The molecule has 0 radical (unpaired) electrons. The number of nitrogens with zero attached hydrogens (tertiary/aromatic N) is 1. The molecule has 0 aliphatic rings. The van der Waals surface area contributed by atoms with Crippen molar-refractivity contribution in [3.05, 3.63) is 29.8 Å². The van der Waals surface area contributed by atoms with Crippen LogP contribution in [-0.2, 0) is 0 Å². The van der Waals surface area contributed by atoms with Crippen molar-refractivity contribution in [2.24, 2.45) is 3.21 Å². The Labute approximate surface area is 79.8 Å². The van der Waals surface area contributed by atoms with Crippen LogP contribution in [0.15, 0.2) is 27.5 Å². The Morgan fingerprint density at radius 3 is 2.82 bits per heavy atom. The van der Waals surface area contributed by atoms with E-state index in [9.17, 15) is 0 Å². The zero-order valence-corrected chi connectivity index (χ0v) is 8.28. The normalized spacial score (nSPS) is 10.4. The van der Waals surface area contributed by atoms with Gasteiger partial charge in [0.25, 0.3) is 0 Å². The first-order chi connectivity index (χ1) is 5.38. The molecule has 0 fully saturated rings. The summed E-state index contributed by atoms with van der Waals surface area (Å²) in [5.41, 5.74) is 1.00. The van der Waals surface area contributed by atoms with Crippen molar-refractivity contribution in [2.45, 2.75) is 0 Å². The number of benzene rings is 1. The van der Waals surface area contributed by atoms with E-state index >= 15 is 0 Å². The topological polar surface area (TPSA) is 21.6 Å². The number of ether oxygens (including phenoxy) is 1. The number of rotatable bonds is 2. The van der Waals surface area contributed by atoms with E-state index in [1.165, 1.54) is 0 Å². The van der Waals surface area contributed by atoms with Crippen LogP contribution in [-0.4, -0.2) is 13.3 Å². The van der Waals surface area contributed by atoms with Gasteiger partial charge in [0.05, 0.1) is 30.0 Å². The fraction of sp³-hybridized carbons (Fsp3) is 0.125. The van der Waals surface area contributed by atoms with E-state index in [2.05, 4.69) is 3.21 Å². The predicted molar refractivity (Wildman–Crippen MR) is 54.6 cm³/mol. The number of para-hydroxylation sites is 1. The molecule has 2 nitrogen and oxygen atoms in total. The summed E-state index contributed by atoms with van der Waals surface area (Å²) < 4.78 is 8.98. The summed E-state index contributed by atoms with van der Waals surface area (Å²) in [6, 6.07) is 7.76. The van der Waals surface area contributed by atoms with Crippen LogP contribution in [0.25, 0.3) is 0 Å². The van der Waals surface area contributed by atoms with E-state index in [0.29, 0.717) is 0 Å². The molecule has 1 rings (SSSR count). The molecule has 3 heteroatoms. The third-order valence-electron chi connectivity index (χ3n) is 1.33. The summed E-state index contributed by atoms with van der Waals surface area (Å²) in [6.45, 7) is 0. The Morgan fingerprint density at radius 1 is 1.45 bits per heavy atom. The molecule has 0 bridgehead atoms. The maximum Gasteiger partial charge on any atom is 0.127 e. The molecule has 0 aliphatic heterocycles. The first-order valence-corrected chi connectivity index (χ1v) is 4.12. The predicted octanol–water partition coefficient (Wildman–Crippen LogP) is 2.46. The molecule has 0 heterocycles. The molecule has 0 saturated carbocycles. The smallest absolute Gasteiger partial charge is 0.127 e. The Balaban J connectivity index is 3.02. The third kappa shape index (κ3) is 2.18. The fourth-order valence-corrected chi connectivity index (χ4v) is 1.13. The molecule has 1 aromatic rings. The second-order valence-electron chi connectivity index (χ2n) is 1.97. The maximum absolute atomic E-state index is 5.10. The first-order valence-electron chi connectivity index (χ1n) is 3.16.